The summed E-state index contributed by atoms with van der Waals surface area (Å²) in [5.74, 6) is 1.71. The summed E-state index contributed by atoms with van der Waals surface area (Å²) >= 11 is 0. The van der Waals surface area contributed by atoms with Gasteiger partial charge in [0.2, 0.25) is 0 Å². The minimum absolute atomic E-state index is 0. The molecule has 2 heterocycles. The molecule has 1 aromatic carbocycles. The van der Waals surface area contributed by atoms with Crippen LogP contribution in [0.4, 0.5) is 0 Å². The largest absolute Gasteiger partial charge is 0.496 e. The van der Waals surface area contributed by atoms with E-state index in [0.717, 1.165) is 24.2 Å². The van der Waals surface area contributed by atoms with Crippen molar-refractivity contribution in [1.29, 1.82) is 0 Å². The van der Waals surface area contributed by atoms with Gasteiger partial charge in [-0.1, -0.05) is 0 Å². The Hall–Kier alpha value is -2.45. The molecule has 1 aliphatic rings. The normalized spacial score (nSPS) is 12.5. The van der Waals surface area contributed by atoms with Gasteiger partial charge in [-0.15, -0.1) is 12.4 Å². The van der Waals surface area contributed by atoms with Crippen LogP contribution in [0.5, 0.6) is 17.2 Å². The van der Waals surface area contributed by atoms with Gasteiger partial charge in [0.25, 0.3) is 5.91 Å². The summed E-state index contributed by atoms with van der Waals surface area (Å²) in [4.78, 5) is 12.3. The molecule has 26 heavy (non-hydrogen) atoms. The lowest BCUT2D eigenvalue weighted by molar-refractivity contribution is 0.0940. The first-order chi connectivity index (χ1) is 12.2. The second-order valence-corrected chi connectivity index (χ2v) is 5.61. The molecule has 3 rings (SSSR count). The smallest absolute Gasteiger partial charge is 0.272 e. The molecular weight excluding hydrogens is 360 g/mol. The van der Waals surface area contributed by atoms with Crippen LogP contribution in [0.2, 0.25) is 0 Å². The van der Waals surface area contributed by atoms with E-state index < -0.39 is 0 Å². The molecule has 0 spiro atoms. The van der Waals surface area contributed by atoms with E-state index in [9.17, 15) is 4.79 Å². The summed E-state index contributed by atoms with van der Waals surface area (Å²) in [6, 6.07) is 5.30. The Labute approximate surface area is 158 Å². The summed E-state index contributed by atoms with van der Waals surface area (Å²) in [7, 11) is 3.16. The first kappa shape index (κ1) is 19.9. The molecule has 0 saturated heterocycles. The number of amides is 1. The third-order valence-corrected chi connectivity index (χ3v) is 4.00. The van der Waals surface area contributed by atoms with E-state index in [1.807, 2.05) is 0 Å². The number of rotatable bonds is 7. The minimum atomic E-state index is -0.201. The molecule has 0 unspecified atom stereocenters. The number of fused-ring (bicyclic) bond motifs is 1. The summed E-state index contributed by atoms with van der Waals surface area (Å²) in [5.41, 5.74) is 2.43. The van der Waals surface area contributed by atoms with Gasteiger partial charge in [-0.25, -0.2) is 0 Å². The molecule has 0 aliphatic carbocycles. The van der Waals surface area contributed by atoms with Crippen molar-refractivity contribution in [2.75, 3.05) is 33.9 Å². The number of methoxy groups -OCH3 is 2. The zero-order chi connectivity index (χ0) is 17.6. The number of nitrogens with one attached hydrogen (secondary N) is 3. The number of carbonyl (C=O) groups is 1. The molecule has 1 amide bonds. The summed E-state index contributed by atoms with van der Waals surface area (Å²) in [5, 5.41) is 13.1. The number of halogens is 1. The molecule has 0 bridgehead atoms. The molecule has 3 N–H and O–H groups in total. The fourth-order valence-corrected chi connectivity index (χ4v) is 2.69. The second kappa shape index (κ2) is 9.30. The van der Waals surface area contributed by atoms with Crippen molar-refractivity contribution in [1.82, 2.24) is 20.8 Å². The Kier molecular flexibility index (Phi) is 7.11. The van der Waals surface area contributed by atoms with Gasteiger partial charge in [0, 0.05) is 49.0 Å². The molecule has 1 aromatic heterocycles. The Morgan fingerprint density at radius 2 is 1.88 bits per heavy atom. The van der Waals surface area contributed by atoms with Crippen LogP contribution in [0.1, 0.15) is 21.7 Å². The lowest BCUT2D eigenvalue weighted by atomic mass is 10.1. The molecule has 0 atom stereocenters. The van der Waals surface area contributed by atoms with Crippen LogP contribution in [0.15, 0.2) is 18.2 Å². The van der Waals surface area contributed by atoms with E-state index in [1.54, 1.807) is 32.4 Å². The SMILES string of the molecule is COc1cc(OC)cc(OCCNC(=O)c2n[nH]c3c2CNCC3)c1.Cl. The van der Waals surface area contributed by atoms with E-state index in [0.29, 0.717) is 42.6 Å². The Bertz CT molecular complexity index is 728. The summed E-state index contributed by atoms with van der Waals surface area (Å²) in [6.45, 7) is 2.25. The van der Waals surface area contributed by atoms with Gasteiger partial charge in [0.05, 0.1) is 20.8 Å². The zero-order valence-electron chi connectivity index (χ0n) is 14.8. The van der Waals surface area contributed by atoms with Gasteiger partial charge in [0.15, 0.2) is 5.69 Å². The average Bonchev–Trinajstić information content (AvgIpc) is 3.09. The van der Waals surface area contributed by atoms with Gasteiger partial charge in [-0.05, 0) is 0 Å². The maximum atomic E-state index is 12.3. The van der Waals surface area contributed by atoms with Crippen LogP contribution in [0, 0.1) is 0 Å². The molecule has 9 heteroatoms. The van der Waals surface area contributed by atoms with Crippen molar-refractivity contribution in [2.24, 2.45) is 0 Å². The standard InChI is InChI=1S/C17H22N4O4.ClH/c1-23-11-7-12(24-2)9-13(8-11)25-6-5-19-17(22)16-14-10-18-4-3-15(14)20-21-16;/h7-9,18H,3-6,10H2,1-2H3,(H,19,22)(H,20,21);1H. The number of hydrogen-bond donors (Lipinski definition) is 3. The fraction of sp³-hybridized carbons (Fsp3) is 0.412. The highest BCUT2D eigenvalue weighted by Crippen LogP contribution is 2.27. The van der Waals surface area contributed by atoms with Crippen molar-refractivity contribution < 1.29 is 19.0 Å². The predicted octanol–water partition coefficient (Wildman–Crippen LogP) is 1.30. The zero-order valence-corrected chi connectivity index (χ0v) is 15.6. The fourth-order valence-electron chi connectivity index (χ4n) is 2.69. The number of hydrogen-bond acceptors (Lipinski definition) is 6. The lowest BCUT2D eigenvalue weighted by Gasteiger charge is -2.13. The summed E-state index contributed by atoms with van der Waals surface area (Å²) < 4.78 is 16.0. The molecule has 142 valence electrons. The van der Waals surface area contributed by atoms with Crippen LogP contribution in [0.25, 0.3) is 0 Å². The van der Waals surface area contributed by atoms with Crippen molar-refractivity contribution in [2.45, 2.75) is 13.0 Å². The maximum absolute atomic E-state index is 12.3. The van der Waals surface area contributed by atoms with Crippen LogP contribution in [-0.4, -0.2) is 50.0 Å². The number of H-pyrrole nitrogens is 1. The molecule has 0 radical (unpaired) electrons. The molecule has 2 aromatic rings. The number of carbonyl (C=O) groups excluding carboxylic acids is 1. The highest BCUT2D eigenvalue weighted by Gasteiger charge is 2.21. The topological polar surface area (TPSA) is 97.5 Å². The Morgan fingerprint density at radius 1 is 1.19 bits per heavy atom. The maximum Gasteiger partial charge on any atom is 0.272 e. The number of aromatic amines is 1. The lowest BCUT2D eigenvalue weighted by Crippen LogP contribution is -2.31. The van der Waals surface area contributed by atoms with E-state index >= 15 is 0 Å². The quantitative estimate of drug-likeness (QED) is 0.624. The number of ether oxygens (including phenoxy) is 3. The predicted molar refractivity (Wildman–Crippen MR) is 98.6 cm³/mol. The third-order valence-electron chi connectivity index (χ3n) is 4.00. The van der Waals surface area contributed by atoms with Gasteiger partial charge < -0.3 is 24.8 Å². The van der Waals surface area contributed by atoms with E-state index in [2.05, 4.69) is 20.8 Å². The second-order valence-electron chi connectivity index (χ2n) is 5.61. The highest BCUT2D eigenvalue weighted by molar-refractivity contribution is 5.94. The Balaban J connectivity index is 0.00000243. The molecular formula is C17H23ClN4O4. The summed E-state index contributed by atoms with van der Waals surface area (Å²) in [6.07, 6.45) is 0.858. The van der Waals surface area contributed by atoms with Gasteiger partial charge >= 0.3 is 0 Å². The van der Waals surface area contributed by atoms with Crippen molar-refractivity contribution in [3.8, 4) is 17.2 Å². The molecule has 0 saturated carbocycles. The van der Waals surface area contributed by atoms with Crippen LogP contribution < -0.4 is 24.8 Å². The highest BCUT2D eigenvalue weighted by atomic mass is 35.5. The van der Waals surface area contributed by atoms with Gasteiger partial charge in [0.1, 0.15) is 23.9 Å². The van der Waals surface area contributed by atoms with Crippen molar-refractivity contribution in [3.05, 3.63) is 35.2 Å². The van der Waals surface area contributed by atoms with E-state index in [4.69, 9.17) is 14.2 Å². The molecule has 1 aliphatic heterocycles. The van der Waals surface area contributed by atoms with Crippen molar-refractivity contribution in [3.63, 3.8) is 0 Å². The van der Waals surface area contributed by atoms with Crippen molar-refractivity contribution >= 4 is 18.3 Å². The first-order valence-electron chi connectivity index (χ1n) is 8.12. The molecule has 8 nitrogen and oxygen atoms in total. The first-order valence-corrected chi connectivity index (χ1v) is 8.12. The van der Waals surface area contributed by atoms with E-state index in [1.165, 1.54) is 0 Å². The van der Waals surface area contributed by atoms with E-state index in [-0.39, 0.29) is 18.3 Å². The minimum Gasteiger partial charge on any atom is -0.496 e. The van der Waals surface area contributed by atoms with Crippen LogP contribution in [0.3, 0.4) is 0 Å². The Morgan fingerprint density at radius 3 is 2.58 bits per heavy atom. The van der Waals surface area contributed by atoms with Gasteiger partial charge in [-0.3, -0.25) is 9.89 Å². The number of nitrogens with zero attached hydrogens (tertiary/aromatic N) is 1. The molecule has 0 fully saturated rings. The van der Waals surface area contributed by atoms with Crippen LogP contribution in [-0.2, 0) is 13.0 Å². The van der Waals surface area contributed by atoms with Gasteiger partial charge in [-0.2, -0.15) is 5.10 Å². The third kappa shape index (κ3) is 4.59. The number of aromatic nitrogens is 2. The van der Waals surface area contributed by atoms with Crippen LogP contribution >= 0.6 is 12.4 Å². The monoisotopic (exact) mass is 382 g/mol. The average molecular weight is 383 g/mol. The number of benzene rings is 1.